The Labute approximate surface area is 208 Å². The van der Waals surface area contributed by atoms with Crippen LogP contribution in [0.25, 0.3) is 16.8 Å². The molecule has 0 radical (unpaired) electrons. The maximum absolute atomic E-state index is 13.6. The lowest BCUT2D eigenvalue weighted by atomic mass is 10.1. The zero-order chi connectivity index (χ0) is 24.4. The third kappa shape index (κ3) is 5.01. The highest BCUT2D eigenvalue weighted by Gasteiger charge is 2.24. The second-order valence-corrected chi connectivity index (χ2v) is 9.11. The van der Waals surface area contributed by atoms with E-state index in [-0.39, 0.29) is 17.1 Å². The highest BCUT2D eigenvalue weighted by Crippen LogP contribution is 2.31. The van der Waals surface area contributed by atoms with Crippen molar-refractivity contribution in [2.45, 2.75) is 0 Å². The number of halogens is 1. The summed E-state index contributed by atoms with van der Waals surface area (Å²) < 4.78 is 7.56. The monoisotopic (exact) mass is 489 g/mol. The molecule has 1 fully saturated rings. The number of benzene rings is 3. The third-order valence-electron chi connectivity index (χ3n) is 6.22. The van der Waals surface area contributed by atoms with Crippen LogP contribution in [0, 0.1) is 0 Å². The summed E-state index contributed by atoms with van der Waals surface area (Å²) in [5.74, 6) is 1.02. The predicted molar refractivity (Wildman–Crippen MR) is 137 cm³/mol. The first kappa shape index (κ1) is 23.0. The Kier molecular flexibility index (Phi) is 6.44. The lowest BCUT2D eigenvalue weighted by Crippen LogP contribution is -3.12. The van der Waals surface area contributed by atoms with Crippen LogP contribution >= 0.6 is 11.6 Å². The summed E-state index contributed by atoms with van der Waals surface area (Å²) in [6.07, 6.45) is 1.71. The van der Waals surface area contributed by atoms with Crippen molar-refractivity contribution in [3.05, 3.63) is 94.4 Å². The maximum atomic E-state index is 13.6. The van der Waals surface area contributed by atoms with Crippen LogP contribution in [0.15, 0.2) is 83.8 Å². The SMILES string of the molecule is C[NH+]1CCN(c2cnn(-c3ccc(Cl)cc3)c(=O)c2Oc2ccc(-c3ccc(O)cc3)cc2)CC1. The lowest BCUT2D eigenvalue weighted by molar-refractivity contribution is -0.880. The number of aromatic hydroxyl groups is 1. The van der Waals surface area contributed by atoms with E-state index < -0.39 is 0 Å². The van der Waals surface area contributed by atoms with Gasteiger partial charge in [-0.3, -0.25) is 4.79 Å². The minimum absolute atomic E-state index is 0.224. The van der Waals surface area contributed by atoms with E-state index in [1.165, 1.54) is 9.58 Å². The first-order valence-corrected chi connectivity index (χ1v) is 11.9. The molecule has 5 rings (SSSR count). The molecule has 1 saturated heterocycles. The molecule has 2 heterocycles. The number of likely N-dealkylation sites (N-methyl/N-ethyl adjacent to an activating group) is 1. The standard InChI is InChI=1S/C27H25ClN4O3/c1-30-14-16-31(17-15-30)25-18-29-32(22-8-6-21(28)7-9-22)27(34)26(25)35-24-12-4-20(5-13-24)19-2-10-23(33)11-3-19/h2-13,18,33H,14-17H2,1H3/p+1. The molecule has 0 bridgehead atoms. The van der Waals surface area contributed by atoms with Crippen LogP contribution in [0.1, 0.15) is 0 Å². The van der Waals surface area contributed by atoms with Gasteiger partial charge in [-0.05, 0) is 59.7 Å². The van der Waals surface area contributed by atoms with Crippen LogP contribution in [-0.2, 0) is 0 Å². The van der Waals surface area contributed by atoms with E-state index >= 15 is 0 Å². The molecule has 1 aliphatic rings. The van der Waals surface area contributed by atoms with Gasteiger partial charge in [0, 0.05) is 5.02 Å². The van der Waals surface area contributed by atoms with Crippen LogP contribution in [-0.4, -0.2) is 48.1 Å². The topological polar surface area (TPSA) is 72.0 Å². The number of rotatable bonds is 5. The largest absolute Gasteiger partial charge is 0.508 e. The third-order valence-corrected chi connectivity index (χ3v) is 6.47. The van der Waals surface area contributed by atoms with Crippen molar-refractivity contribution in [1.29, 1.82) is 0 Å². The minimum Gasteiger partial charge on any atom is -0.508 e. The van der Waals surface area contributed by atoms with Crippen molar-refractivity contribution < 1.29 is 14.7 Å². The highest BCUT2D eigenvalue weighted by molar-refractivity contribution is 6.30. The number of hydrogen-bond donors (Lipinski definition) is 2. The number of piperazine rings is 1. The summed E-state index contributed by atoms with van der Waals surface area (Å²) in [6, 6.07) is 21.5. The number of nitrogens with one attached hydrogen (secondary N) is 1. The Balaban J connectivity index is 1.51. The second kappa shape index (κ2) is 9.82. The molecule has 0 saturated carbocycles. The first-order valence-electron chi connectivity index (χ1n) is 11.5. The van der Waals surface area contributed by atoms with Gasteiger partial charge >= 0.3 is 5.56 Å². The molecule has 178 valence electrons. The summed E-state index contributed by atoms with van der Waals surface area (Å²) in [6.45, 7) is 3.57. The predicted octanol–water partition coefficient (Wildman–Crippen LogP) is 3.39. The summed E-state index contributed by atoms with van der Waals surface area (Å²) in [5.41, 5.74) is 2.92. The Morgan fingerprint density at radius 3 is 2.14 bits per heavy atom. The smallest absolute Gasteiger partial charge is 0.316 e. The second-order valence-electron chi connectivity index (χ2n) is 8.67. The van der Waals surface area contributed by atoms with Gasteiger partial charge < -0.3 is 19.6 Å². The fourth-order valence-electron chi connectivity index (χ4n) is 4.13. The van der Waals surface area contributed by atoms with E-state index in [1.54, 1.807) is 42.6 Å². The van der Waals surface area contributed by atoms with Gasteiger partial charge in [0.25, 0.3) is 0 Å². The average Bonchev–Trinajstić information content (AvgIpc) is 2.87. The van der Waals surface area contributed by atoms with E-state index in [1.807, 2.05) is 36.4 Å². The first-order chi connectivity index (χ1) is 17.0. The summed E-state index contributed by atoms with van der Waals surface area (Å²) in [7, 11) is 2.17. The summed E-state index contributed by atoms with van der Waals surface area (Å²) in [4.78, 5) is 17.2. The van der Waals surface area contributed by atoms with Gasteiger partial charge in [0.2, 0.25) is 5.75 Å². The molecule has 1 aliphatic heterocycles. The van der Waals surface area contributed by atoms with Crippen molar-refractivity contribution in [2.24, 2.45) is 0 Å². The molecule has 8 heteroatoms. The van der Waals surface area contributed by atoms with Crippen LogP contribution in [0.5, 0.6) is 17.2 Å². The van der Waals surface area contributed by atoms with Crippen LogP contribution in [0.3, 0.4) is 0 Å². The van der Waals surface area contributed by atoms with E-state index in [9.17, 15) is 9.90 Å². The van der Waals surface area contributed by atoms with E-state index in [0.717, 1.165) is 37.3 Å². The number of anilines is 1. The van der Waals surface area contributed by atoms with E-state index in [0.29, 0.717) is 22.1 Å². The molecule has 2 N–H and O–H groups in total. The number of phenols is 1. The number of hydrogen-bond acceptors (Lipinski definition) is 5. The molecule has 0 atom stereocenters. The summed E-state index contributed by atoms with van der Waals surface area (Å²) >= 11 is 6.03. The molecule has 0 aliphatic carbocycles. The van der Waals surface area contributed by atoms with E-state index in [2.05, 4.69) is 17.0 Å². The molecule has 1 aromatic heterocycles. The van der Waals surface area contributed by atoms with Gasteiger partial charge in [-0.25, -0.2) is 0 Å². The van der Waals surface area contributed by atoms with Crippen LogP contribution < -0.4 is 20.1 Å². The fourth-order valence-corrected chi connectivity index (χ4v) is 4.26. The van der Waals surface area contributed by atoms with Gasteiger partial charge in [-0.15, -0.1) is 0 Å². The van der Waals surface area contributed by atoms with E-state index in [4.69, 9.17) is 16.3 Å². The minimum atomic E-state index is -0.335. The van der Waals surface area contributed by atoms with Gasteiger partial charge in [0.15, 0.2) is 0 Å². The van der Waals surface area contributed by atoms with Gasteiger partial charge in [-0.2, -0.15) is 9.78 Å². The molecular formula is C27H26ClN4O3+. The number of phenolic OH excluding ortho intramolecular Hbond substituents is 1. The molecular weight excluding hydrogens is 464 g/mol. The molecule has 35 heavy (non-hydrogen) atoms. The normalized spacial score (nSPS) is 14.2. The zero-order valence-electron chi connectivity index (χ0n) is 19.3. The Morgan fingerprint density at radius 2 is 1.51 bits per heavy atom. The van der Waals surface area contributed by atoms with Gasteiger partial charge in [-0.1, -0.05) is 35.9 Å². The quantitative estimate of drug-likeness (QED) is 0.449. The van der Waals surface area contributed by atoms with Crippen molar-refractivity contribution in [2.75, 3.05) is 38.1 Å². The lowest BCUT2D eigenvalue weighted by Gasteiger charge is -2.32. The van der Waals surface area contributed by atoms with Crippen LogP contribution in [0.4, 0.5) is 5.69 Å². The number of aromatic nitrogens is 2. The average molecular weight is 490 g/mol. The Bertz CT molecular complexity index is 1360. The molecule has 0 spiro atoms. The number of nitrogens with zero attached hydrogens (tertiary/aromatic N) is 3. The Hall–Kier alpha value is -3.81. The van der Waals surface area contributed by atoms with Crippen molar-refractivity contribution in [3.8, 4) is 34.1 Å². The molecule has 7 nitrogen and oxygen atoms in total. The van der Waals surface area contributed by atoms with Gasteiger partial charge in [0.05, 0.1) is 45.1 Å². The van der Waals surface area contributed by atoms with Crippen molar-refractivity contribution >= 4 is 17.3 Å². The van der Waals surface area contributed by atoms with Gasteiger partial charge in [0.1, 0.15) is 17.2 Å². The molecule has 0 unspecified atom stereocenters. The summed E-state index contributed by atoms with van der Waals surface area (Å²) in [5, 5.41) is 14.6. The fraction of sp³-hybridized carbons (Fsp3) is 0.185. The maximum Gasteiger partial charge on any atom is 0.316 e. The van der Waals surface area contributed by atoms with Crippen molar-refractivity contribution in [1.82, 2.24) is 9.78 Å². The van der Waals surface area contributed by atoms with Crippen LogP contribution in [0.2, 0.25) is 5.02 Å². The molecule has 4 aromatic rings. The highest BCUT2D eigenvalue weighted by atomic mass is 35.5. The van der Waals surface area contributed by atoms with Crippen molar-refractivity contribution in [3.63, 3.8) is 0 Å². The molecule has 3 aromatic carbocycles. The number of ether oxygens (including phenoxy) is 1. The number of quaternary nitrogens is 1. The molecule has 0 amide bonds. The zero-order valence-corrected chi connectivity index (χ0v) is 20.1. The Morgan fingerprint density at radius 1 is 0.914 bits per heavy atom.